The molecule has 0 aliphatic carbocycles. The molecule has 0 heterocycles. The maximum atomic E-state index is 14.2. The van der Waals surface area contributed by atoms with Gasteiger partial charge in [-0.25, -0.2) is 8.42 Å². The number of para-hydroxylation sites is 2. The lowest BCUT2D eigenvalue weighted by molar-refractivity contribution is -0.140. The predicted octanol–water partition coefficient (Wildman–Crippen LogP) is 5.71. The molecule has 0 aliphatic heterocycles. The van der Waals surface area contributed by atoms with Crippen molar-refractivity contribution < 1.29 is 22.7 Å². The summed E-state index contributed by atoms with van der Waals surface area (Å²) in [6.07, 6.45) is 2.90. The molecular formula is C31H37Cl2N3O5S. The number of nitrogens with one attached hydrogen (secondary N) is 1. The average molecular weight is 635 g/mol. The van der Waals surface area contributed by atoms with Gasteiger partial charge in [-0.2, -0.15) is 0 Å². The van der Waals surface area contributed by atoms with Gasteiger partial charge in [-0.05, 0) is 48.7 Å². The SMILES string of the molecule is CCCCNC(=O)[C@@H](Cc1ccccc1)N(Cc1ccc(Cl)cc1Cl)C(=O)CN(c1ccccc1OCC)S(C)(=O)=O. The summed E-state index contributed by atoms with van der Waals surface area (Å²) in [6, 6.07) is 19.9. The Morgan fingerprint density at radius 1 is 0.976 bits per heavy atom. The highest BCUT2D eigenvalue weighted by molar-refractivity contribution is 7.92. The van der Waals surface area contributed by atoms with Gasteiger partial charge in [0.1, 0.15) is 18.3 Å². The molecule has 226 valence electrons. The third kappa shape index (κ3) is 9.37. The van der Waals surface area contributed by atoms with Crippen LogP contribution in [0, 0.1) is 0 Å². The lowest BCUT2D eigenvalue weighted by Gasteiger charge is -2.34. The Balaban J connectivity index is 2.09. The second kappa shape index (κ2) is 15.8. The third-order valence-corrected chi connectivity index (χ3v) is 8.28. The molecule has 0 aromatic heterocycles. The normalized spacial score (nSPS) is 11.9. The molecule has 1 atom stereocenters. The Morgan fingerprint density at radius 2 is 1.67 bits per heavy atom. The van der Waals surface area contributed by atoms with Crippen LogP contribution in [-0.4, -0.2) is 57.1 Å². The molecule has 0 radical (unpaired) electrons. The fraction of sp³-hybridized carbons (Fsp3) is 0.355. The first-order valence-electron chi connectivity index (χ1n) is 13.8. The van der Waals surface area contributed by atoms with Crippen molar-refractivity contribution in [3.63, 3.8) is 0 Å². The van der Waals surface area contributed by atoms with Gasteiger partial charge in [0.05, 0.1) is 18.6 Å². The summed E-state index contributed by atoms with van der Waals surface area (Å²) in [5.74, 6) is -0.598. The van der Waals surface area contributed by atoms with Crippen LogP contribution in [0.4, 0.5) is 5.69 Å². The molecule has 42 heavy (non-hydrogen) atoms. The van der Waals surface area contributed by atoms with Crippen LogP contribution >= 0.6 is 23.2 Å². The first-order chi connectivity index (χ1) is 20.0. The Hall–Kier alpha value is -3.27. The number of unbranched alkanes of at least 4 members (excludes halogenated alkanes) is 1. The van der Waals surface area contributed by atoms with Crippen LogP contribution in [0.2, 0.25) is 10.0 Å². The van der Waals surface area contributed by atoms with E-state index in [1.165, 1.54) is 4.90 Å². The third-order valence-electron chi connectivity index (χ3n) is 6.57. The zero-order valence-corrected chi connectivity index (χ0v) is 26.4. The van der Waals surface area contributed by atoms with Gasteiger partial charge in [-0.15, -0.1) is 0 Å². The number of sulfonamides is 1. The second-order valence-corrected chi connectivity index (χ2v) is 12.5. The van der Waals surface area contributed by atoms with Crippen molar-refractivity contribution >= 4 is 50.7 Å². The number of amides is 2. The molecule has 0 aliphatic rings. The molecule has 2 amide bonds. The summed E-state index contributed by atoms with van der Waals surface area (Å²) < 4.78 is 32.8. The number of benzene rings is 3. The molecule has 0 bridgehead atoms. The summed E-state index contributed by atoms with van der Waals surface area (Å²) in [5.41, 5.74) is 1.64. The minimum atomic E-state index is -3.93. The van der Waals surface area contributed by atoms with E-state index in [-0.39, 0.29) is 24.6 Å². The molecule has 3 aromatic rings. The van der Waals surface area contributed by atoms with Gasteiger partial charge < -0.3 is 15.0 Å². The second-order valence-electron chi connectivity index (χ2n) is 9.78. The maximum Gasteiger partial charge on any atom is 0.244 e. The molecule has 0 fully saturated rings. The Kier molecular flexibility index (Phi) is 12.5. The van der Waals surface area contributed by atoms with Crippen LogP contribution in [0.1, 0.15) is 37.8 Å². The highest BCUT2D eigenvalue weighted by atomic mass is 35.5. The minimum Gasteiger partial charge on any atom is -0.492 e. The Bertz CT molecular complexity index is 1450. The van der Waals surface area contributed by atoms with E-state index in [9.17, 15) is 18.0 Å². The molecule has 0 unspecified atom stereocenters. The molecule has 3 rings (SSSR count). The molecule has 0 saturated heterocycles. The summed E-state index contributed by atoms with van der Waals surface area (Å²) in [4.78, 5) is 29.3. The molecule has 0 spiro atoms. The Labute approximate surface area is 258 Å². The van der Waals surface area contributed by atoms with E-state index in [0.29, 0.717) is 34.5 Å². The van der Waals surface area contributed by atoms with E-state index < -0.39 is 28.5 Å². The predicted molar refractivity (Wildman–Crippen MR) is 169 cm³/mol. The molecule has 0 saturated carbocycles. The van der Waals surface area contributed by atoms with Gasteiger partial charge in [0, 0.05) is 29.6 Å². The monoisotopic (exact) mass is 633 g/mol. The molecule has 3 aromatic carbocycles. The number of carbonyl (C=O) groups is 2. The van der Waals surface area contributed by atoms with Crippen molar-refractivity contribution in [1.82, 2.24) is 10.2 Å². The van der Waals surface area contributed by atoms with Crippen LogP contribution in [0.3, 0.4) is 0 Å². The maximum absolute atomic E-state index is 14.2. The van der Waals surface area contributed by atoms with Gasteiger partial charge in [0.25, 0.3) is 0 Å². The van der Waals surface area contributed by atoms with Gasteiger partial charge >= 0.3 is 0 Å². The zero-order valence-electron chi connectivity index (χ0n) is 24.1. The number of hydrogen-bond donors (Lipinski definition) is 1. The standard InChI is InChI=1S/C31H37Cl2N3O5S/c1-4-6-18-34-31(38)28(19-23-12-8-7-9-13-23)35(21-24-16-17-25(32)20-26(24)33)30(37)22-36(42(3,39)40)27-14-10-11-15-29(27)41-5-2/h7-17,20,28H,4-6,18-19,21-22H2,1-3H3,(H,34,38)/t28-/m1/s1. The zero-order chi connectivity index (χ0) is 30.7. The van der Waals surface area contributed by atoms with E-state index in [2.05, 4.69) is 5.32 Å². The summed E-state index contributed by atoms with van der Waals surface area (Å²) >= 11 is 12.6. The number of ether oxygens (including phenoxy) is 1. The highest BCUT2D eigenvalue weighted by Gasteiger charge is 2.34. The fourth-order valence-corrected chi connectivity index (χ4v) is 5.75. The summed E-state index contributed by atoms with van der Waals surface area (Å²) in [7, 11) is -3.93. The quantitative estimate of drug-likeness (QED) is 0.216. The van der Waals surface area contributed by atoms with Crippen molar-refractivity contribution in [2.45, 2.75) is 45.7 Å². The van der Waals surface area contributed by atoms with E-state index in [1.54, 1.807) is 49.4 Å². The lowest BCUT2D eigenvalue weighted by atomic mass is 10.0. The van der Waals surface area contributed by atoms with Crippen LogP contribution in [0.5, 0.6) is 5.75 Å². The molecule has 8 nitrogen and oxygen atoms in total. The number of rotatable bonds is 15. The van der Waals surface area contributed by atoms with Crippen LogP contribution in [0.25, 0.3) is 0 Å². The van der Waals surface area contributed by atoms with Crippen LogP contribution in [0.15, 0.2) is 72.8 Å². The van der Waals surface area contributed by atoms with E-state index in [1.807, 2.05) is 37.3 Å². The van der Waals surface area contributed by atoms with Crippen LogP contribution in [-0.2, 0) is 32.6 Å². The number of hydrogen-bond acceptors (Lipinski definition) is 5. The summed E-state index contributed by atoms with van der Waals surface area (Å²) in [6.45, 7) is 3.96. The molecule has 1 N–H and O–H groups in total. The van der Waals surface area contributed by atoms with Gasteiger partial charge in [-0.3, -0.25) is 13.9 Å². The highest BCUT2D eigenvalue weighted by Crippen LogP contribution is 2.31. The van der Waals surface area contributed by atoms with E-state index in [4.69, 9.17) is 27.9 Å². The number of halogens is 2. The largest absolute Gasteiger partial charge is 0.492 e. The van der Waals surface area contributed by atoms with Gasteiger partial charge in [0.15, 0.2) is 0 Å². The van der Waals surface area contributed by atoms with E-state index in [0.717, 1.165) is 29.0 Å². The first kappa shape index (κ1) is 33.2. The molecular weight excluding hydrogens is 597 g/mol. The van der Waals surface area contributed by atoms with Crippen molar-refractivity contribution in [1.29, 1.82) is 0 Å². The number of anilines is 1. The first-order valence-corrected chi connectivity index (χ1v) is 16.4. The van der Waals surface area contributed by atoms with Gasteiger partial charge in [0.2, 0.25) is 21.8 Å². The topological polar surface area (TPSA) is 96.0 Å². The smallest absolute Gasteiger partial charge is 0.244 e. The summed E-state index contributed by atoms with van der Waals surface area (Å²) in [5, 5.41) is 3.70. The van der Waals surface area contributed by atoms with E-state index >= 15 is 0 Å². The van der Waals surface area contributed by atoms with Crippen molar-refractivity contribution in [2.75, 3.05) is 30.3 Å². The number of carbonyl (C=O) groups excluding carboxylic acids is 2. The lowest BCUT2D eigenvalue weighted by Crippen LogP contribution is -2.53. The van der Waals surface area contributed by atoms with Gasteiger partial charge in [-0.1, -0.05) is 85.1 Å². The van der Waals surface area contributed by atoms with Crippen LogP contribution < -0.4 is 14.4 Å². The Morgan fingerprint density at radius 3 is 2.31 bits per heavy atom. The van der Waals surface area contributed by atoms with Crippen molar-refractivity contribution in [3.8, 4) is 5.75 Å². The van der Waals surface area contributed by atoms with Crippen molar-refractivity contribution in [3.05, 3.63) is 94.0 Å². The van der Waals surface area contributed by atoms with Crippen molar-refractivity contribution in [2.24, 2.45) is 0 Å². The fourth-order valence-electron chi connectivity index (χ4n) is 4.43. The average Bonchev–Trinajstić information content (AvgIpc) is 2.95. The molecule has 11 heteroatoms. The minimum absolute atomic E-state index is 0.0434. The number of nitrogens with zero attached hydrogens (tertiary/aromatic N) is 2.